The molecule has 1 rings (SSSR count). The molecular formula is C15H23ClN2O3S. The third-order valence-corrected chi connectivity index (χ3v) is 5.06. The van der Waals surface area contributed by atoms with Crippen molar-refractivity contribution in [1.82, 2.24) is 5.32 Å². The largest absolute Gasteiger partial charge is 0.383 e. The molecule has 124 valence electrons. The molecule has 0 saturated heterocycles. The summed E-state index contributed by atoms with van der Waals surface area (Å²) in [7, 11) is -3.10. The lowest BCUT2D eigenvalue weighted by Gasteiger charge is -2.10. The molecule has 5 nitrogen and oxygen atoms in total. The molecule has 0 aliphatic rings. The minimum atomic E-state index is -3.10. The maximum Gasteiger partial charge on any atom is 0.251 e. The zero-order valence-electron chi connectivity index (χ0n) is 12.9. The molecule has 0 aliphatic heterocycles. The number of alkyl halides is 1. The zero-order chi connectivity index (χ0) is 16.6. The standard InChI is InChI=1S/C15H23ClN2O3S/c1-12(2)18-14-6-4-13(5-7-14)15(19)17-9-3-10-22(20,21)11-8-16/h4-7,12,18H,3,8-11H2,1-2H3,(H,17,19). The highest BCUT2D eigenvalue weighted by Gasteiger charge is 2.10. The maximum atomic E-state index is 11.9. The van der Waals surface area contributed by atoms with Gasteiger partial charge in [-0.1, -0.05) is 0 Å². The first-order valence-electron chi connectivity index (χ1n) is 7.25. The van der Waals surface area contributed by atoms with Gasteiger partial charge >= 0.3 is 0 Å². The average Bonchev–Trinajstić information content (AvgIpc) is 2.43. The van der Waals surface area contributed by atoms with Crippen molar-refractivity contribution < 1.29 is 13.2 Å². The van der Waals surface area contributed by atoms with Crippen molar-refractivity contribution in [2.75, 3.05) is 29.2 Å². The summed E-state index contributed by atoms with van der Waals surface area (Å²) < 4.78 is 22.9. The van der Waals surface area contributed by atoms with E-state index in [1.54, 1.807) is 12.1 Å². The van der Waals surface area contributed by atoms with Crippen LogP contribution in [-0.2, 0) is 9.84 Å². The number of sulfone groups is 1. The van der Waals surface area contributed by atoms with Crippen molar-refractivity contribution in [3.8, 4) is 0 Å². The van der Waals surface area contributed by atoms with Crippen LogP contribution < -0.4 is 10.6 Å². The van der Waals surface area contributed by atoms with E-state index in [1.165, 1.54) is 0 Å². The Balaban J connectivity index is 2.39. The molecule has 1 aromatic carbocycles. The van der Waals surface area contributed by atoms with Crippen LogP contribution in [0.15, 0.2) is 24.3 Å². The Labute approximate surface area is 137 Å². The number of carbonyl (C=O) groups excluding carboxylic acids is 1. The van der Waals surface area contributed by atoms with Crippen LogP contribution in [0.2, 0.25) is 0 Å². The Kier molecular flexibility index (Phi) is 7.68. The number of hydrogen-bond donors (Lipinski definition) is 2. The molecule has 0 spiro atoms. The van der Waals surface area contributed by atoms with E-state index in [4.69, 9.17) is 11.6 Å². The molecule has 0 fully saturated rings. The average molecular weight is 347 g/mol. The van der Waals surface area contributed by atoms with E-state index >= 15 is 0 Å². The summed E-state index contributed by atoms with van der Waals surface area (Å²) in [6.07, 6.45) is 0.387. The van der Waals surface area contributed by atoms with E-state index in [0.717, 1.165) is 5.69 Å². The summed E-state index contributed by atoms with van der Waals surface area (Å²) in [4.78, 5) is 11.9. The van der Waals surface area contributed by atoms with E-state index in [0.29, 0.717) is 24.6 Å². The fourth-order valence-corrected chi connectivity index (χ4v) is 3.60. The van der Waals surface area contributed by atoms with Gasteiger partial charge in [0.25, 0.3) is 5.91 Å². The van der Waals surface area contributed by atoms with Crippen LogP contribution in [0, 0.1) is 0 Å². The molecule has 0 bridgehead atoms. The number of rotatable bonds is 9. The minimum Gasteiger partial charge on any atom is -0.383 e. The predicted octanol–water partition coefficient (Wildman–Crippen LogP) is 2.28. The van der Waals surface area contributed by atoms with Crippen LogP contribution in [0.5, 0.6) is 0 Å². The lowest BCUT2D eigenvalue weighted by molar-refractivity contribution is 0.0953. The molecule has 0 heterocycles. The lowest BCUT2D eigenvalue weighted by atomic mass is 10.2. The number of hydrogen-bond acceptors (Lipinski definition) is 4. The van der Waals surface area contributed by atoms with Gasteiger partial charge in [0.1, 0.15) is 0 Å². The smallest absolute Gasteiger partial charge is 0.251 e. The van der Waals surface area contributed by atoms with Gasteiger partial charge in [-0.25, -0.2) is 8.42 Å². The van der Waals surface area contributed by atoms with Crippen LogP contribution in [0.1, 0.15) is 30.6 Å². The Bertz CT molecular complexity index is 571. The minimum absolute atomic E-state index is 0.0210. The van der Waals surface area contributed by atoms with Gasteiger partial charge in [0.05, 0.1) is 11.5 Å². The van der Waals surface area contributed by atoms with Gasteiger partial charge in [-0.3, -0.25) is 4.79 Å². The van der Waals surface area contributed by atoms with Gasteiger partial charge in [0, 0.05) is 29.7 Å². The summed E-state index contributed by atoms with van der Waals surface area (Å²) in [5, 5.41) is 5.96. The molecule has 7 heteroatoms. The summed E-state index contributed by atoms with van der Waals surface area (Å²) >= 11 is 5.42. The molecule has 0 saturated carbocycles. The summed E-state index contributed by atoms with van der Waals surface area (Å²) in [5.41, 5.74) is 1.51. The highest BCUT2D eigenvalue weighted by atomic mass is 35.5. The second-order valence-corrected chi connectivity index (χ2v) is 8.01. The molecule has 0 unspecified atom stereocenters. The highest BCUT2D eigenvalue weighted by molar-refractivity contribution is 7.91. The van der Waals surface area contributed by atoms with Crippen LogP contribution in [0.3, 0.4) is 0 Å². The van der Waals surface area contributed by atoms with Crippen molar-refractivity contribution in [2.45, 2.75) is 26.3 Å². The van der Waals surface area contributed by atoms with E-state index < -0.39 is 9.84 Å². The van der Waals surface area contributed by atoms with Crippen molar-refractivity contribution in [3.05, 3.63) is 29.8 Å². The van der Waals surface area contributed by atoms with Crippen molar-refractivity contribution >= 4 is 33.0 Å². The molecule has 2 N–H and O–H groups in total. The topological polar surface area (TPSA) is 75.3 Å². The van der Waals surface area contributed by atoms with Gasteiger partial charge in [0.2, 0.25) is 0 Å². The molecular weight excluding hydrogens is 324 g/mol. The fourth-order valence-electron chi connectivity index (χ4n) is 1.87. The van der Waals surface area contributed by atoms with Gasteiger partial charge in [0.15, 0.2) is 9.84 Å². The number of halogens is 1. The molecule has 1 amide bonds. The van der Waals surface area contributed by atoms with E-state index in [-0.39, 0.29) is 23.3 Å². The third-order valence-electron chi connectivity index (χ3n) is 2.91. The summed E-state index contributed by atoms with van der Waals surface area (Å²) in [5.74, 6) is -0.0824. The van der Waals surface area contributed by atoms with Crippen LogP contribution in [0.25, 0.3) is 0 Å². The number of benzene rings is 1. The van der Waals surface area contributed by atoms with Gasteiger partial charge < -0.3 is 10.6 Å². The second-order valence-electron chi connectivity index (χ2n) is 5.33. The molecule has 22 heavy (non-hydrogen) atoms. The van der Waals surface area contributed by atoms with Crippen molar-refractivity contribution in [3.63, 3.8) is 0 Å². The Morgan fingerprint density at radius 1 is 1.18 bits per heavy atom. The first kappa shape index (κ1) is 18.8. The molecule has 0 radical (unpaired) electrons. The first-order chi connectivity index (χ1) is 10.3. The molecule has 0 atom stereocenters. The molecule has 0 aliphatic carbocycles. The quantitative estimate of drug-likeness (QED) is 0.531. The Morgan fingerprint density at radius 2 is 1.82 bits per heavy atom. The maximum absolute atomic E-state index is 11.9. The van der Waals surface area contributed by atoms with Crippen molar-refractivity contribution in [1.29, 1.82) is 0 Å². The number of anilines is 1. The predicted molar refractivity (Wildman–Crippen MR) is 91.5 cm³/mol. The first-order valence-corrected chi connectivity index (χ1v) is 9.61. The SMILES string of the molecule is CC(C)Nc1ccc(C(=O)NCCCS(=O)(=O)CCCl)cc1. The Morgan fingerprint density at radius 3 is 2.36 bits per heavy atom. The second kappa shape index (κ2) is 9.00. The van der Waals surface area contributed by atoms with Crippen molar-refractivity contribution in [2.24, 2.45) is 0 Å². The highest BCUT2D eigenvalue weighted by Crippen LogP contribution is 2.10. The van der Waals surface area contributed by atoms with Crippen LogP contribution >= 0.6 is 11.6 Å². The number of nitrogens with one attached hydrogen (secondary N) is 2. The zero-order valence-corrected chi connectivity index (χ0v) is 14.5. The van der Waals surface area contributed by atoms with Gasteiger partial charge in [-0.15, -0.1) is 11.6 Å². The lowest BCUT2D eigenvalue weighted by Crippen LogP contribution is -2.26. The van der Waals surface area contributed by atoms with E-state index in [2.05, 4.69) is 10.6 Å². The summed E-state index contributed by atoms with van der Waals surface area (Å²) in [6, 6.07) is 7.50. The number of amides is 1. The van der Waals surface area contributed by atoms with Gasteiger partial charge in [-0.05, 0) is 44.5 Å². The molecule has 1 aromatic rings. The summed E-state index contributed by atoms with van der Waals surface area (Å²) in [6.45, 7) is 4.41. The van der Waals surface area contributed by atoms with Crippen LogP contribution in [0.4, 0.5) is 5.69 Å². The van der Waals surface area contributed by atoms with E-state index in [1.807, 2.05) is 26.0 Å². The monoisotopic (exact) mass is 346 g/mol. The third kappa shape index (κ3) is 7.13. The fraction of sp³-hybridized carbons (Fsp3) is 0.533. The normalized spacial score (nSPS) is 11.5. The van der Waals surface area contributed by atoms with E-state index in [9.17, 15) is 13.2 Å². The number of carbonyl (C=O) groups is 1. The van der Waals surface area contributed by atoms with Crippen LogP contribution in [-0.4, -0.2) is 44.3 Å². The molecule has 0 aromatic heterocycles. The Hall–Kier alpha value is -1.27. The van der Waals surface area contributed by atoms with Gasteiger partial charge in [-0.2, -0.15) is 0 Å².